The van der Waals surface area contributed by atoms with E-state index < -0.39 is 0 Å². The van der Waals surface area contributed by atoms with Gasteiger partial charge in [0.05, 0.1) is 11.7 Å². The smallest absolute Gasteiger partial charge is 0.410 e. The van der Waals surface area contributed by atoms with Gasteiger partial charge in [0, 0.05) is 49.9 Å². The molecule has 2 aromatic carbocycles. The van der Waals surface area contributed by atoms with Crippen LogP contribution in [0, 0.1) is 11.7 Å². The van der Waals surface area contributed by atoms with Crippen LogP contribution in [0.3, 0.4) is 0 Å². The predicted molar refractivity (Wildman–Crippen MR) is 169 cm³/mol. The number of hydrogen-bond donors (Lipinski definition) is 1. The highest BCUT2D eigenvalue weighted by Gasteiger charge is 2.24. The molecular formula is C33H41FN6O3. The van der Waals surface area contributed by atoms with E-state index in [9.17, 15) is 9.59 Å². The number of carbonyl (C=O) groups excluding carboxylic acids is 1. The lowest BCUT2D eigenvalue weighted by atomic mass is 10.1. The molecule has 2 aromatic heterocycles. The number of piperazine rings is 1. The molecule has 0 radical (unpaired) electrons. The standard InChI is InChI=1S/C32H37FN6O3.CH4/c1-21(2)23(4)39-29(40)13-11-26-19-34-31(36-30(26)39)35-22(3)25-10-12-28(27(33)18-25)37-14-16-38(17-15-37)32(41)42-20-24-8-6-5-7-9-24;/h5-13,18-19,21-23H,14-17,20H2,1-4H3,(H,34,35,36);1H4/t22-,23-;/m0./s1. The van der Waals surface area contributed by atoms with Crippen LogP contribution < -0.4 is 15.8 Å². The van der Waals surface area contributed by atoms with Crippen LogP contribution in [-0.2, 0) is 11.3 Å². The van der Waals surface area contributed by atoms with Crippen molar-refractivity contribution in [3.05, 3.63) is 94.2 Å². The topological polar surface area (TPSA) is 92.6 Å². The van der Waals surface area contributed by atoms with Crippen LogP contribution >= 0.6 is 0 Å². The lowest BCUT2D eigenvalue weighted by molar-refractivity contribution is 0.0941. The van der Waals surface area contributed by atoms with Crippen molar-refractivity contribution in [3.63, 3.8) is 0 Å². The summed E-state index contributed by atoms with van der Waals surface area (Å²) in [6.45, 7) is 10.2. The van der Waals surface area contributed by atoms with E-state index in [1.165, 1.54) is 6.07 Å². The van der Waals surface area contributed by atoms with E-state index in [1.54, 1.807) is 33.9 Å². The summed E-state index contributed by atoms with van der Waals surface area (Å²) in [4.78, 5) is 37.9. The van der Waals surface area contributed by atoms with Gasteiger partial charge in [-0.15, -0.1) is 0 Å². The van der Waals surface area contributed by atoms with Crippen LogP contribution in [0.15, 0.2) is 71.7 Å². The Labute approximate surface area is 252 Å². The Morgan fingerprint density at radius 2 is 1.72 bits per heavy atom. The second-order valence-corrected chi connectivity index (χ2v) is 11.1. The van der Waals surface area contributed by atoms with Crippen molar-refractivity contribution >= 4 is 28.8 Å². The molecule has 3 heterocycles. The average Bonchev–Trinajstić information content (AvgIpc) is 3.00. The number of carbonyl (C=O) groups is 1. The fourth-order valence-electron chi connectivity index (χ4n) is 5.07. The zero-order valence-electron chi connectivity index (χ0n) is 24.5. The molecule has 9 nitrogen and oxygen atoms in total. The van der Waals surface area contributed by atoms with Crippen molar-refractivity contribution in [1.29, 1.82) is 0 Å². The van der Waals surface area contributed by atoms with Crippen molar-refractivity contribution in [2.75, 3.05) is 36.4 Å². The maximum absolute atomic E-state index is 15.3. The fraction of sp³-hybridized carbons (Fsp3) is 0.394. The van der Waals surface area contributed by atoms with E-state index in [1.807, 2.05) is 55.1 Å². The number of anilines is 2. The molecule has 0 unspecified atom stereocenters. The number of pyridine rings is 1. The maximum Gasteiger partial charge on any atom is 0.410 e. The van der Waals surface area contributed by atoms with E-state index in [4.69, 9.17) is 4.74 Å². The molecule has 4 aromatic rings. The molecule has 0 saturated carbocycles. The zero-order valence-corrected chi connectivity index (χ0v) is 24.5. The number of aromatic nitrogens is 3. The highest BCUT2D eigenvalue weighted by Crippen LogP contribution is 2.27. The van der Waals surface area contributed by atoms with Gasteiger partial charge < -0.3 is 19.9 Å². The summed E-state index contributed by atoms with van der Waals surface area (Å²) in [6.07, 6.45) is 1.34. The molecule has 1 aliphatic rings. The number of ether oxygens (including phenoxy) is 1. The number of halogens is 1. The normalized spacial score (nSPS) is 14.7. The fourth-order valence-corrected chi connectivity index (χ4v) is 5.07. The Balaban J connectivity index is 0.00000423. The van der Waals surface area contributed by atoms with Crippen molar-refractivity contribution in [2.24, 2.45) is 5.92 Å². The second kappa shape index (κ2) is 13.7. The van der Waals surface area contributed by atoms with Gasteiger partial charge in [0.15, 0.2) is 0 Å². The number of fused-ring (bicyclic) bond motifs is 1. The van der Waals surface area contributed by atoms with Gasteiger partial charge in [-0.1, -0.05) is 57.7 Å². The largest absolute Gasteiger partial charge is 0.445 e. The van der Waals surface area contributed by atoms with Gasteiger partial charge in [-0.25, -0.2) is 14.2 Å². The third-order valence-electron chi connectivity index (χ3n) is 7.94. The third-order valence-corrected chi connectivity index (χ3v) is 7.94. The van der Waals surface area contributed by atoms with Gasteiger partial charge in [0.25, 0.3) is 5.56 Å². The van der Waals surface area contributed by atoms with Gasteiger partial charge in [-0.05, 0) is 49.1 Å². The number of nitrogens with zero attached hydrogens (tertiary/aromatic N) is 5. The first kappa shape index (κ1) is 31.5. The monoisotopic (exact) mass is 588 g/mol. The molecular weight excluding hydrogens is 547 g/mol. The number of benzene rings is 2. The highest BCUT2D eigenvalue weighted by molar-refractivity contribution is 5.75. The molecule has 1 N–H and O–H groups in total. The highest BCUT2D eigenvalue weighted by atomic mass is 19.1. The van der Waals surface area contributed by atoms with Crippen LogP contribution in [0.2, 0.25) is 0 Å². The lowest BCUT2D eigenvalue weighted by Crippen LogP contribution is -2.49. The third kappa shape index (κ3) is 7.13. The molecule has 1 saturated heterocycles. The first-order valence-electron chi connectivity index (χ1n) is 14.4. The number of rotatable bonds is 8. The quantitative estimate of drug-likeness (QED) is 0.254. The number of amides is 1. The van der Waals surface area contributed by atoms with E-state index >= 15 is 4.39 Å². The minimum absolute atomic E-state index is 0. The lowest BCUT2D eigenvalue weighted by Gasteiger charge is -2.35. The minimum Gasteiger partial charge on any atom is -0.445 e. The van der Waals surface area contributed by atoms with Crippen LogP contribution in [0.1, 0.15) is 58.3 Å². The minimum atomic E-state index is -0.360. The second-order valence-electron chi connectivity index (χ2n) is 11.1. The number of hydrogen-bond acceptors (Lipinski definition) is 7. The number of nitrogens with one attached hydrogen (secondary N) is 1. The first-order valence-corrected chi connectivity index (χ1v) is 14.4. The first-order chi connectivity index (χ1) is 20.2. The Morgan fingerprint density at radius 3 is 2.40 bits per heavy atom. The van der Waals surface area contributed by atoms with E-state index in [0.29, 0.717) is 43.5 Å². The van der Waals surface area contributed by atoms with E-state index in [0.717, 1.165) is 16.5 Å². The molecule has 0 aliphatic carbocycles. The van der Waals surface area contributed by atoms with Gasteiger partial charge in [0.2, 0.25) is 5.95 Å². The Hall–Kier alpha value is -4.47. The summed E-state index contributed by atoms with van der Waals surface area (Å²) in [7, 11) is 0. The van der Waals surface area contributed by atoms with Gasteiger partial charge in [0.1, 0.15) is 18.1 Å². The summed E-state index contributed by atoms with van der Waals surface area (Å²) in [6, 6.07) is 17.7. The average molecular weight is 589 g/mol. The summed E-state index contributed by atoms with van der Waals surface area (Å²) >= 11 is 0. The molecule has 1 fully saturated rings. The van der Waals surface area contributed by atoms with Crippen molar-refractivity contribution < 1.29 is 13.9 Å². The van der Waals surface area contributed by atoms with E-state index in [2.05, 4.69) is 29.1 Å². The van der Waals surface area contributed by atoms with Crippen LogP contribution in [-0.4, -0.2) is 51.7 Å². The SMILES string of the molecule is C.CC(C)[C@H](C)n1c(=O)ccc2cnc(N[C@@H](C)c3ccc(N4CCN(C(=O)OCc5ccccc5)CC4)c(F)c3)nc21. The maximum atomic E-state index is 15.3. The molecule has 5 rings (SSSR count). The molecule has 43 heavy (non-hydrogen) atoms. The molecule has 0 bridgehead atoms. The van der Waals surface area contributed by atoms with Crippen LogP contribution in [0.25, 0.3) is 11.0 Å². The Bertz CT molecular complexity index is 1600. The molecule has 1 amide bonds. The molecule has 0 spiro atoms. The summed E-state index contributed by atoms with van der Waals surface area (Å²) in [5.74, 6) is 0.280. The van der Waals surface area contributed by atoms with Crippen molar-refractivity contribution in [3.8, 4) is 0 Å². The summed E-state index contributed by atoms with van der Waals surface area (Å²) < 4.78 is 22.5. The summed E-state index contributed by atoms with van der Waals surface area (Å²) in [5.41, 5.74) is 2.63. The van der Waals surface area contributed by atoms with Crippen molar-refractivity contribution in [1.82, 2.24) is 19.4 Å². The van der Waals surface area contributed by atoms with E-state index in [-0.39, 0.29) is 49.5 Å². The Kier molecular flexibility index (Phi) is 10.0. The van der Waals surface area contributed by atoms with Crippen LogP contribution in [0.5, 0.6) is 0 Å². The molecule has 1 aliphatic heterocycles. The Morgan fingerprint density at radius 1 is 1.00 bits per heavy atom. The van der Waals surface area contributed by atoms with Crippen molar-refractivity contribution in [2.45, 2.75) is 53.8 Å². The van der Waals surface area contributed by atoms with Crippen LogP contribution in [0.4, 0.5) is 20.8 Å². The molecule has 10 heteroatoms. The predicted octanol–water partition coefficient (Wildman–Crippen LogP) is 6.42. The zero-order chi connectivity index (χ0) is 29.8. The molecule has 228 valence electrons. The van der Waals surface area contributed by atoms with Gasteiger partial charge >= 0.3 is 6.09 Å². The van der Waals surface area contributed by atoms with Gasteiger partial charge in [-0.2, -0.15) is 4.98 Å². The molecule has 2 atom stereocenters. The summed E-state index contributed by atoms with van der Waals surface area (Å²) in [5, 5.41) is 4.04. The van der Waals surface area contributed by atoms with Gasteiger partial charge in [-0.3, -0.25) is 9.36 Å².